The van der Waals surface area contributed by atoms with Crippen LogP contribution in [0.2, 0.25) is 0 Å². The van der Waals surface area contributed by atoms with Gasteiger partial charge in [-0.25, -0.2) is 4.79 Å². The number of hydrogen-bond acceptors (Lipinski definition) is 2. The molecule has 0 fully saturated rings. The van der Waals surface area contributed by atoms with Crippen LogP contribution in [0.15, 0.2) is 24.5 Å². The van der Waals surface area contributed by atoms with Gasteiger partial charge in [0.15, 0.2) is 0 Å². The summed E-state index contributed by atoms with van der Waals surface area (Å²) in [6, 6.07) is 0. The van der Waals surface area contributed by atoms with Gasteiger partial charge in [-0.05, 0) is 31.8 Å². The van der Waals surface area contributed by atoms with Crippen molar-refractivity contribution >= 4 is 5.97 Å². The minimum absolute atomic E-state index is 0.238. The zero-order chi connectivity index (χ0) is 29.0. The quantitative estimate of drug-likeness (QED) is 0.0345. The van der Waals surface area contributed by atoms with Crippen molar-refractivity contribution in [3.05, 3.63) is 24.5 Å². The van der Waals surface area contributed by atoms with Gasteiger partial charge >= 0.3 is 5.97 Å². The van der Waals surface area contributed by atoms with E-state index in [4.69, 9.17) is 4.74 Å². The van der Waals surface area contributed by atoms with Crippen molar-refractivity contribution in [3.8, 4) is 0 Å². The van der Waals surface area contributed by atoms with Crippen LogP contribution in [-0.2, 0) is 9.53 Å². The fourth-order valence-electron chi connectivity index (χ4n) is 5.49. The van der Waals surface area contributed by atoms with Crippen LogP contribution in [0.25, 0.3) is 0 Å². The van der Waals surface area contributed by atoms with E-state index in [0.29, 0.717) is 0 Å². The van der Waals surface area contributed by atoms with Crippen molar-refractivity contribution < 1.29 is 9.53 Å². The molecule has 0 radical (unpaired) electrons. The second kappa shape index (κ2) is 36.0. The first-order valence-electron chi connectivity index (χ1n) is 18.3. The summed E-state index contributed by atoms with van der Waals surface area (Å²) in [5.74, 6) is -0.238. The number of carbonyl (C=O) groups excluding carboxylic acids is 1. The van der Waals surface area contributed by atoms with Crippen LogP contribution < -0.4 is 0 Å². The molecule has 0 saturated heterocycles. The van der Waals surface area contributed by atoms with E-state index in [0.717, 1.165) is 12.8 Å². The van der Waals surface area contributed by atoms with Gasteiger partial charge in [0.25, 0.3) is 0 Å². The van der Waals surface area contributed by atoms with Gasteiger partial charge in [0.05, 0.1) is 6.26 Å². The largest absolute Gasteiger partial charge is 0.432 e. The molecule has 0 rings (SSSR count). The average Bonchev–Trinajstić information content (AvgIpc) is 2.96. The van der Waals surface area contributed by atoms with Crippen LogP contribution in [0.1, 0.15) is 213 Å². The Bertz CT molecular complexity index is 536. The van der Waals surface area contributed by atoms with Crippen molar-refractivity contribution in [2.45, 2.75) is 213 Å². The minimum Gasteiger partial charge on any atom is -0.432 e. The molecule has 0 bridgehead atoms. The normalized spacial score (nSPS) is 11.8. The lowest BCUT2D eigenvalue weighted by Gasteiger charge is -2.03. The Balaban J connectivity index is 3.28. The molecular weight excluding hydrogens is 488 g/mol. The van der Waals surface area contributed by atoms with Crippen LogP contribution in [0, 0.1) is 0 Å². The maximum absolute atomic E-state index is 11.8. The third-order valence-electron chi connectivity index (χ3n) is 8.23. The first-order chi connectivity index (χ1) is 19.8. The smallest absolute Gasteiger partial charge is 0.335 e. The summed E-state index contributed by atoms with van der Waals surface area (Å²) in [6.45, 7) is 4.58. The molecular formula is C38H72O2. The van der Waals surface area contributed by atoms with Gasteiger partial charge < -0.3 is 4.74 Å². The second-order valence-electron chi connectivity index (χ2n) is 12.3. The van der Waals surface area contributed by atoms with Crippen molar-refractivity contribution in [1.29, 1.82) is 0 Å². The molecule has 2 heteroatoms. The lowest BCUT2D eigenvalue weighted by molar-refractivity contribution is -0.132. The summed E-state index contributed by atoms with van der Waals surface area (Å²) in [7, 11) is 0. The Labute approximate surface area is 252 Å². The fourth-order valence-corrected chi connectivity index (χ4v) is 5.49. The predicted molar refractivity (Wildman–Crippen MR) is 179 cm³/mol. The molecule has 0 atom stereocenters. The summed E-state index contributed by atoms with van der Waals surface area (Å²) in [6.07, 6.45) is 49.3. The minimum atomic E-state index is -0.238. The molecule has 0 aromatic carbocycles. The number of esters is 1. The molecule has 2 nitrogen and oxygen atoms in total. The van der Waals surface area contributed by atoms with Gasteiger partial charge in [-0.2, -0.15) is 0 Å². The van der Waals surface area contributed by atoms with E-state index in [2.05, 4.69) is 13.8 Å². The molecule has 236 valence electrons. The SMILES string of the molecule is CCCCCCCCCCCCCCCCC=COC(=O)C=CCCCCCCCCCCCCCCCCC. The van der Waals surface area contributed by atoms with Gasteiger partial charge in [0.2, 0.25) is 0 Å². The van der Waals surface area contributed by atoms with Crippen LogP contribution >= 0.6 is 0 Å². The molecule has 0 spiro atoms. The molecule has 0 aromatic rings. The summed E-state index contributed by atoms with van der Waals surface area (Å²) < 4.78 is 5.18. The number of hydrogen-bond donors (Lipinski definition) is 0. The summed E-state index contributed by atoms with van der Waals surface area (Å²) in [5.41, 5.74) is 0. The van der Waals surface area contributed by atoms with E-state index in [-0.39, 0.29) is 5.97 Å². The monoisotopic (exact) mass is 561 g/mol. The Morgan fingerprint density at radius 3 is 1.00 bits per heavy atom. The van der Waals surface area contributed by atoms with Crippen molar-refractivity contribution in [2.24, 2.45) is 0 Å². The van der Waals surface area contributed by atoms with E-state index < -0.39 is 0 Å². The molecule has 0 amide bonds. The molecule has 40 heavy (non-hydrogen) atoms. The highest BCUT2D eigenvalue weighted by atomic mass is 16.5. The van der Waals surface area contributed by atoms with E-state index in [1.807, 2.05) is 12.2 Å². The standard InChI is InChI=1S/C38H72O2/c1-3-5-7-9-11-13-15-17-19-21-22-24-26-28-30-32-34-36-38(39)40-37-35-33-31-29-27-25-23-20-18-16-14-12-10-8-6-4-2/h34-37H,3-33H2,1-2H3. The zero-order valence-electron chi connectivity index (χ0n) is 27.5. The highest BCUT2D eigenvalue weighted by molar-refractivity contribution is 5.82. The van der Waals surface area contributed by atoms with Gasteiger partial charge in [0, 0.05) is 6.08 Å². The lowest BCUT2D eigenvalue weighted by atomic mass is 10.0. The maximum atomic E-state index is 11.8. The Kier molecular flexibility index (Phi) is 35.0. The van der Waals surface area contributed by atoms with Crippen molar-refractivity contribution in [1.82, 2.24) is 0 Å². The third-order valence-corrected chi connectivity index (χ3v) is 8.23. The van der Waals surface area contributed by atoms with Crippen LogP contribution in [0.5, 0.6) is 0 Å². The molecule has 0 aliphatic rings. The number of rotatable bonds is 33. The zero-order valence-corrected chi connectivity index (χ0v) is 27.5. The molecule has 0 N–H and O–H groups in total. The molecule has 0 unspecified atom stereocenters. The second-order valence-corrected chi connectivity index (χ2v) is 12.3. The fraction of sp³-hybridized carbons (Fsp3) is 0.868. The summed E-state index contributed by atoms with van der Waals surface area (Å²) in [5, 5.41) is 0. The van der Waals surface area contributed by atoms with Crippen molar-refractivity contribution in [2.75, 3.05) is 0 Å². The molecule has 0 saturated carbocycles. The summed E-state index contributed by atoms with van der Waals surface area (Å²) in [4.78, 5) is 11.8. The highest BCUT2D eigenvalue weighted by Crippen LogP contribution is 2.15. The van der Waals surface area contributed by atoms with Crippen LogP contribution in [-0.4, -0.2) is 5.97 Å². The van der Waals surface area contributed by atoms with E-state index >= 15 is 0 Å². The highest BCUT2D eigenvalue weighted by Gasteiger charge is 1.96. The molecule has 0 aliphatic carbocycles. The predicted octanol–water partition coefficient (Wildman–Crippen LogP) is 13.7. The lowest BCUT2D eigenvalue weighted by Crippen LogP contribution is -1.93. The van der Waals surface area contributed by atoms with Crippen molar-refractivity contribution in [3.63, 3.8) is 0 Å². The topological polar surface area (TPSA) is 26.3 Å². The van der Waals surface area contributed by atoms with Gasteiger partial charge in [0.1, 0.15) is 0 Å². The third kappa shape index (κ3) is 35.0. The van der Waals surface area contributed by atoms with E-state index in [9.17, 15) is 4.79 Å². The van der Waals surface area contributed by atoms with Crippen LogP contribution in [0.4, 0.5) is 0 Å². The maximum Gasteiger partial charge on any atom is 0.335 e. The van der Waals surface area contributed by atoms with Gasteiger partial charge in [-0.15, -0.1) is 0 Å². The number of ether oxygens (including phenoxy) is 1. The number of carbonyl (C=O) groups is 1. The first-order valence-corrected chi connectivity index (χ1v) is 18.3. The Hall–Kier alpha value is -1.05. The van der Waals surface area contributed by atoms with Gasteiger partial charge in [-0.3, -0.25) is 0 Å². The summed E-state index contributed by atoms with van der Waals surface area (Å²) >= 11 is 0. The van der Waals surface area contributed by atoms with E-state index in [1.54, 1.807) is 12.3 Å². The Morgan fingerprint density at radius 2 is 0.675 bits per heavy atom. The average molecular weight is 561 g/mol. The van der Waals surface area contributed by atoms with E-state index in [1.165, 1.54) is 186 Å². The molecule has 0 aromatic heterocycles. The molecule has 0 heterocycles. The first kappa shape index (κ1) is 39.0. The van der Waals surface area contributed by atoms with Crippen LogP contribution in [0.3, 0.4) is 0 Å². The van der Waals surface area contributed by atoms with Gasteiger partial charge in [-0.1, -0.05) is 193 Å². The Morgan fingerprint density at radius 1 is 0.400 bits per heavy atom. The molecule has 0 aliphatic heterocycles. The number of unbranched alkanes of at least 4 members (excludes halogenated alkanes) is 29. The number of allylic oxidation sites excluding steroid dienone is 2.